The van der Waals surface area contributed by atoms with Crippen LogP contribution in [0.4, 0.5) is 5.69 Å². The predicted octanol–water partition coefficient (Wildman–Crippen LogP) is 4.01. The van der Waals surface area contributed by atoms with Gasteiger partial charge >= 0.3 is 0 Å². The molecule has 112 valence electrons. The Morgan fingerprint density at radius 2 is 2.09 bits per heavy atom. The first kappa shape index (κ1) is 14.5. The van der Waals surface area contributed by atoms with E-state index in [1.54, 1.807) is 7.11 Å². The molecule has 3 rings (SSSR count). The highest BCUT2D eigenvalue weighted by Crippen LogP contribution is 2.25. The third kappa shape index (κ3) is 2.92. The molecule has 0 spiro atoms. The van der Waals surface area contributed by atoms with Crippen molar-refractivity contribution in [3.05, 3.63) is 59.2 Å². The van der Waals surface area contributed by atoms with Crippen LogP contribution in [0.5, 0.6) is 5.75 Å². The second-order valence-corrected chi connectivity index (χ2v) is 5.37. The van der Waals surface area contributed by atoms with Crippen molar-refractivity contribution in [1.82, 2.24) is 4.98 Å². The number of hydrogen-bond donors (Lipinski definition) is 2. The summed E-state index contributed by atoms with van der Waals surface area (Å²) in [6, 6.07) is 12.9. The summed E-state index contributed by atoms with van der Waals surface area (Å²) in [5.74, 6) is 0.543. The van der Waals surface area contributed by atoms with Gasteiger partial charge in [-0.25, -0.2) is 0 Å². The van der Waals surface area contributed by atoms with Gasteiger partial charge in [0.25, 0.3) is 0 Å². The van der Waals surface area contributed by atoms with E-state index in [1.165, 1.54) is 0 Å². The number of aromatic amines is 1. The first-order valence-electron chi connectivity index (χ1n) is 6.86. The van der Waals surface area contributed by atoms with Gasteiger partial charge in [0.05, 0.1) is 19.2 Å². The molecule has 22 heavy (non-hydrogen) atoms. The minimum atomic E-state index is -0.0969. The van der Waals surface area contributed by atoms with Crippen LogP contribution < -0.4 is 10.1 Å². The van der Waals surface area contributed by atoms with E-state index < -0.39 is 0 Å². The maximum Gasteiger partial charge on any atom is 0.228 e. The molecular weight excluding hydrogens is 300 g/mol. The van der Waals surface area contributed by atoms with Gasteiger partial charge in [0.2, 0.25) is 5.91 Å². The van der Waals surface area contributed by atoms with Crippen molar-refractivity contribution in [2.45, 2.75) is 6.42 Å². The Bertz CT molecular complexity index is 826. The van der Waals surface area contributed by atoms with Crippen LogP contribution in [0.3, 0.4) is 0 Å². The quantitative estimate of drug-likeness (QED) is 0.764. The zero-order valence-electron chi connectivity index (χ0n) is 12.0. The van der Waals surface area contributed by atoms with Crippen LogP contribution in [0, 0.1) is 0 Å². The van der Waals surface area contributed by atoms with E-state index in [1.807, 2.05) is 48.7 Å². The van der Waals surface area contributed by atoms with Gasteiger partial charge in [0.15, 0.2) is 0 Å². The number of H-pyrrole nitrogens is 1. The van der Waals surface area contributed by atoms with Crippen LogP contribution in [0.1, 0.15) is 5.56 Å². The summed E-state index contributed by atoms with van der Waals surface area (Å²) in [7, 11) is 1.58. The van der Waals surface area contributed by atoms with Gasteiger partial charge < -0.3 is 15.0 Å². The lowest BCUT2D eigenvalue weighted by atomic mass is 10.1. The Morgan fingerprint density at radius 3 is 2.91 bits per heavy atom. The topological polar surface area (TPSA) is 54.1 Å². The smallest absolute Gasteiger partial charge is 0.228 e. The molecule has 2 N–H and O–H groups in total. The highest BCUT2D eigenvalue weighted by Gasteiger charge is 2.11. The maximum absolute atomic E-state index is 12.3. The lowest BCUT2D eigenvalue weighted by Gasteiger charge is -2.09. The molecule has 5 heteroatoms. The van der Waals surface area contributed by atoms with Gasteiger partial charge in [-0.3, -0.25) is 4.79 Å². The number of benzene rings is 2. The fourth-order valence-electron chi connectivity index (χ4n) is 2.42. The molecule has 0 aliphatic carbocycles. The summed E-state index contributed by atoms with van der Waals surface area (Å²) in [4.78, 5) is 15.4. The number of anilines is 1. The molecule has 1 aromatic heterocycles. The second kappa shape index (κ2) is 6.12. The molecule has 0 saturated heterocycles. The monoisotopic (exact) mass is 314 g/mol. The SMILES string of the molecule is COc1ccccc1NC(=O)Cc1c[nH]c2cc(Cl)ccc12. The molecule has 0 aliphatic heterocycles. The normalized spacial score (nSPS) is 10.6. The lowest BCUT2D eigenvalue weighted by Crippen LogP contribution is -2.14. The Hall–Kier alpha value is -2.46. The average Bonchev–Trinajstić information content (AvgIpc) is 2.89. The van der Waals surface area contributed by atoms with Crippen molar-refractivity contribution in [2.24, 2.45) is 0 Å². The van der Waals surface area contributed by atoms with Crippen molar-refractivity contribution < 1.29 is 9.53 Å². The third-order valence-corrected chi connectivity index (χ3v) is 3.70. The fourth-order valence-corrected chi connectivity index (χ4v) is 2.59. The first-order chi connectivity index (χ1) is 10.7. The summed E-state index contributed by atoms with van der Waals surface area (Å²) in [5, 5.41) is 4.54. The number of halogens is 1. The van der Waals surface area contributed by atoms with Gasteiger partial charge in [0, 0.05) is 22.1 Å². The number of rotatable bonds is 4. The molecular formula is C17H15ClN2O2. The Labute approximate surface area is 133 Å². The first-order valence-corrected chi connectivity index (χ1v) is 7.23. The number of carbonyl (C=O) groups excluding carboxylic acids is 1. The predicted molar refractivity (Wildman–Crippen MR) is 88.6 cm³/mol. The number of nitrogens with one attached hydrogen (secondary N) is 2. The maximum atomic E-state index is 12.3. The number of ether oxygens (including phenoxy) is 1. The van der Waals surface area contributed by atoms with Gasteiger partial charge in [-0.2, -0.15) is 0 Å². The van der Waals surface area contributed by atoms with Crippen molar-refractivity contribution in [3.63, 3.8) is 0 Å². The lowest BCUT2D eigenvalue weighted by molar-refractivity contribution is -0.115. The molecule has 3 aromatic rings. The summed E-state index contributed by atoms with van der Waals surface area (Å²) in [6.45, 7) is 0. The van der Waals surface area contributed by atoms with Crippen molar-refractivity contribution >= 4 is 34.1 Å². The highest BCUT2D eigenvalue weighted by molar-refractivity contribution is 6.31. The Kier molecular flexibility index (Phi) is 4.02. The zero-order valence-corrected chi connectivity index (χ0v) is 12.8. The van der Waals surface area contributed by atoms with Gasteiger partial charge in [-0.05, 0) is 29.8 Å². The number of aromatic nitrogens is 1. The standard InChI is InChI=1S/C17H15ClN2O2/c1-22-16-5-3-2-4-14(16)20-17(21)8-11-10-19-15-9-12(18)6-7-13(11)15/h2-7,9-10,19H,8H2,1H3,(H,20,21). The van der Waals surface area contributed by atoms with E-state index in [2.05, 4.69) is 10.3 Å². The minimum absolute atomic E-state index is 0.0969. The second-order valence-electron chi connectivity index (χ2n) is 4.93. The van der Waals surface area contributed by atoms with Gasteiger partial charge in [0.1, 0.15) is 5.75 Å². The molecule has 0 aliphatic rings. The molecule has 1 amide bonds. The molecule has 0 atom stereocenters. The fraction of sp³-hybridized carbons (Fsp3) is 0.118. The van der Waals surface area contributed by atoms with Gasteiger partial charge in [-0.15, -0.1) is 0 Å². The summed E-state index contributed by atoms with van der Waals surface area (Å²) < 4.78 is 5.23. The highest BCUT2D eigenvalue weighted by atomic mass is 35.5. The van der Waals surface area contributed by atoms with Crippen LogP contribution in [0.25, 0.3) is 10.9 Å². The van der Waals surface area contributed by atoms with E-state index in [9.17, 15) is 4.79 Å². The van der Waals surface area contributed by atoms with E-state index in [4.69, 9.17) is 16.3 Å². The van der Waals surface area contributed by atoms with Crippen LogP contribution in [0.15, 0.2) is 48.7 Å². The van der Waals surface area contributed by atoms with Crippen LogP contribution in [-0.2, 0) is 11.2 Å². The average molecular weight is 315 g/mol. The van der Waals surface area contributed by atoms with Crippen LogP contribution in [0.2, 0.25) is 5.02 Å². The number of amides is 1. The molecule has 0 fully saturated rings. The largest absolute Gasteiger partial charge is 0.495 e. The Morgan fingerprint density at radius 1 is 1.27 bits per heavy atom. The van der Waals surface area contributed by atoms with Crippen molar-refractivity contribution in [1.29, 1.82) is 0 Å². The molecule has 0 bridgehead atoms. The van der Waals surface area contributed by atoms with E-state index in [-0.39, 0.29) is 12.3 Å². The summed E-state index contributed by atoms with van der Waals surface area (Å²) in [6.07, 6.45) is 2.11. The molecule has 4 nitrogen and oxygen atoms in total. The number of para-hydroxylation sites is 2. The molecule has 2 aromatic carbocycles. The van der Waals surface area contributed by atoms with E-state index in [0.717, 1.165) is 16.5 Å². The number of fused-ring (bicyclic) bond motifs is 1. The number of hydrogen-bond acceptors (Lipinski definition) is 2. The Balaban J connectivity index is 1.78. The molecule has 1 heterocycles. The summed E-state index contributed by atoms with van der Waals surface area (Å²) in [5.41, 5.74) is 2.52. The van der Waals surface area contributed by atoms with E-state index >= 15 is 0 Å². The van der Waals surface area contributed by atoms with Crippen LogP contribution in [-0.4, -0.2) is 18.0 Å². The van der Waals surface area contributed by atoms with Gasteiger partial charge in [-0.1, -0.05) is 29.8 Å². The van der Waals surface area contributed by atoms with Crippen LogP contribution >= 0.6 is 11.6 Å². The number of methoxy groups -OCH3 is 1. The third-order valence-electron chi connectivity index (χ3n) is 3.46. The molecule has 0 saturated carbocycles. The van der Waals surface area contributed by atoms with Crippen molar-refractivity contribution in [2.75, 3.05) is 12.4 Å². The zero-order chi connectivity index (χ0) is 15.5. The van der Waals surface area contributed by atoms with E-state index in [0.29, 0.717) is 16.5 Å². The summed E-state index contributed by atoms with van der Waals surface area (Å²) >= 11 is 5.96. The molecule has 0 unspecified atom stereocenters. The molecule has 0 radical (unpaired) electrons. The van der Waals surface area contributed by atoms with Crippen molar-refractivity contribution in [3.8, 4) is 5.75 Å². The number of carbonyl (C=O) groups is 1. The minimum Gasteiger partial charge on any atom is -0.495 e.